The van der Waals surface area contributed by atoms with Crippen LogP contribution in [0.2, 0.25) is 0 Å². The minimum Gasteiger partial charge on any atom is -0.335 e. The maximum Gasteiger partial charge on any atom is 0.277 e. The fourth-order valence-electron chi connectivity index (χ4n) is 2.01. The molecular weight excluding hydrogens is 260 g/mol. The Hall–Kier alpha value is -2.44. The molecule has 0 atom stereocenters. The number of imide groups is 1. The molecule has 106 valence electrons. The highest BCUT2D eigenvalue weighted by Gasteiger charge is 2.30. The van der Waals surface area contributed by atoms with E-state index < -0.39 is 17.7 Å². The van der Waals surface area contributed by atoms with E-state index in [4.69, 9.17) is 0 Å². The topological polar surface area (TPSA) is 84.3 Å². The lowest BCUT2D eigenvalue weighted by atomic mass is 10.2. The van der Waals surface area contributed by atoms with Crippen LogP contribution in [-0.2, 0) is 20.9 Å². The molecule has 20 heavy (non-hydrogen) atoms. The SMILES string of the molecule is CCn1cnc(C=C2NC(=O)CN(C(C)=O)C2=O)c1C. The minimum atomic E-state index is -0.512. The van der Waals surface area contributed by atoms with Crippen molar-refractivity contribution < 1.29 is 14.4 Å². The third kappa shape index (κ3) is 2.47. The number of piperazine rings is 1. The third-order valence-corrected chi connectivity index (χ3v) is 3.19. The van der Waals surface area contributed by atoms with E-state index in [1.165, 1.54) is 13.0 Å². The molecule has 1 aromatic heterocycles. The zero-order valence-corrected chi connectivity index (χ0v) is 11.6. The van der Waals surface area contributed by atoms with Gasteiger partial charge in [0.15, 0.2) is 0 Å². The number of carbonyl (C=O) groups is 3. The van der Waals surface area contributed by atoms with Gasteiger partial charge in [0.2, 0.25) is 11.8 Å². The van der Waals surface area contributed by atoms with Crippen molar-refractivity contribution in [2.24, 2.45) is 0 Å². The van der Waals surface area contributed by atoms with Gasteiger partial charge < -0.3 is 9.88 Å². The zero-order chi connectivity index (χ0) is 14.9. The summed E-state index contributed by atoms with van der Waals surface area (Å²) < 4.78 is 1.92. The number of nitrogens with one attached hydrogen (secondary N) is 1. The van der Waals surface area contributed by atoms with Crippen LogP contribution in [0.1, 0.15) is 25.2 Å². The second-order valence-electron chi connectivity index (χ2n) is 4.52. The monoisotopic (exact) mass is 276 g/mol. The first-order valence-corrected chi connectivity index (χ1v) is 6.29. The van der Waals surface area contributed by atoms with Gasteiger partial charge in [0, 0.05) is 19.2 Å². The molecule has 0 saturated carbocycles. The number of nitrogens with zero attached hydrogens (tertiary/aromatic N) is 3. The molecule has 0 unspecified atom stereocenters. The first-order valence-electron chi connectivity index (χ1n) is 6.29. The molecule has 7 nitrogen and oxygen atoms in total. The molecule has 1 aliphatic heterocycles. The number of aryl methyl sites for hydroxylation is 1. The second kappa shape index (κ2) is 5.28. The van der Waals surface area contributed by atoms with Gasteiger partial charge in [-0.1, -0.05) is 0 Å². The van der Waals surface area contributed by atoms with Crippen molar-refractivity contribution in [3.63, 3.8) is 0 Å². The largest absolute Gasteiger partial charge is 0.335 e. The summed E-state index contributed by atoms with van der Waals surface area (Å²) in [6, 6.07) is 0. The molecule has 1 fully saturated rings. The molecule has 1 saturated heterocycles. The van der Waals surface area contributed by atoms with Crippen LogP contribution in [0, 0.1) is 6.92 Å². The van der Waals surface area contributed by atoms with Gasteiger partial charge in [-0.2, -0.15) is 0 Å². The third-order valence-electron chi connectivity index (χ3n) is 3.19. The fourth-order valence-corrected chi connectivity index (χ4v) is 2.01. The van der Waals surface area contributed by atoms with E-state index in [1.54, 1.807) is 6.33 Å². The summed E-state index contributed by atoms with van der Waals surface area (Å²) >= 11 is 0. The van der Waals surface area contributed by atoms with Gasteiger partial charge in [-0.25, -0.2) is 4.98 Å². The van der Waals surface area contributed by atoms with E-state index in [9.17, 15) is 14.4 Å². The predicted molar refractivity (Wildman–Crippen MR) is 71.2 cm³/mol. The van der Waals surface area contributed by atoms with Crippen molar-refractivity contribution in [1.82, 2.24) is 19.8 Å². The highest BCUT2D eigenvalue weighted by Crippen LogP contribution is 2.13. The summed E-state index contributed by atoms with van der Waals surface area (Å²) in [5.74, 6) is -1.35. The van der Waals surface area contributed by atoms with E-state index in [0.717, 1.165) is 17.1 Å². The molecule has 0 radical (unpaired) electrons. The smallest absolute Gasteiger partial charge is 0.277 e. The lowest BCUT2D eigenvalue weighted by Crippen LogP contribution is -2.51. The zero-order valence-electron chi connectivity index (χ0n) is 11.6. The Kier molecular flexibility index (Phi) is 3.69. The number of amides is 3. The van der Waals surface area contributed by atoms with Crippen molar-refractivity contribution in [2.75, 3.05) is 6.54 Å². The Morgan fingerprint density at radius 1 is 1.50 bits per heavy atom. The van der Waals surface area contributed by atoms with Gasteiger partial charge in [-0.05, 0) is 19.9 Å². The van der Waals surface area contributed by atoms with Crippen LogP contribution in [0.25, 0.3) is 6.08 Å². The second-order valence-corrected chi connectivity index (χ2v) is 4.52. The Balaban J connectivity index is 2.36. The van der Waals surface area contributed by atoms with E-state index in [0.29, 0.717) is 5.69 Å². The van der Waals surface area contributed by atoms with Gasteiger partial charge in [0.1, 0.15) is 12.2 Å². The number of carbonyl (C=O) groups excluding carboxylic acids is 3. The molecule has 3 amide bonds. The normalized spacial score (nSPS) is 17.6. The van der Waals surface area contributed by atoms with E-state index in [2.05, 4.69) is 10.3 Å². The highest BCUT2D eigenvalue weighted by atomic mass is 16.2. The summed E-state index contributed by atoms with van der Waals surface area (Å²) in [6.07, 6.45) is 3.16. The molecule has 1 N–H and O–H groups in total. The average molecular weight is 276 g/mol. The van der Waals surface area contributed by atoms with E-state index in [1.807, 2.05) is 18.4 Å². The minimum absolute atomic E-state index is 0.0703. The lowest BCUT2D eigenvalue weighted by Gasteiger charge is -2.25. The van der Waals surface area contributed by atoms with Crippen molar-refractivity contribution >= 4 is 23.8 Å². The summed E-state index contributed by atoms with van der Waals surface area (Å²) in [5.41, 5.74) is 1.56. The maximum absolute atomic E-state index is 12.1. The Bertz CT molecular complexity index is 615. The molecule has 0 aliphatic carbocycles. The van der Waals surface area contributed by atoms with Crippen LogP contribution < -0.4 is 5.32 Å². The molecule has 1 aliphatic rings. The Morgan fingerprint density at radius 3 is 2.75 bits per heavy atom. The number of rotatable bonds is 2. The van der Waals surface area contributed by atoms with Crippen molar-refractivity contribution in [1.29, 1.82) is 0 Å². The van der Waals surface area contributed by atoms with Gasteiger partial charge in [-0.3, -0.25) is 19.3 Å². The highest BCUT2D eigenvalue weighted by molar-refractivity contribution is 6.12. The maximum atomic E-state index is 12.1. The average Bonchev–Trinajstić information content (AvgIpc) is 2.74. The molecule has 7 heteroatoms. The van der Waals surface area contributed by atoms with Crippen LogP contribution in [0.5, 0.6) is 0 Å². The van der Waals surface area contributed by atoms with Crippen LogP contribution in [-0.4, -0.2) is 38.7 Å². The molecule has 0 aromatic carbocycles. The van der Waals surface area contributed by atoms with E-state index >= 15 is 0 Å². The standard InChI is InChI=1S/C13H16N4O3/c1-4-16-7-14-10(8(16)2)5-11-13(20)17(9(3)18)6-12(19)15-11/h5,7H,4,6H2,1-3H3,(H,15,19). The molecular formula is C13H16N4O3. The summed E-state index contributed by atoms with van der Waals surface area (Å²) in [5, 5.41) is 2.48. The number of imidazole rings is 1. The lowest BCUT2D eigenvalue weighted by molar-refractivity contribution is -0.147. The molecule has 1 aromatic rings. The quantitative estimate of drug-likeness (QED) is 0.774. The van der Waals surface area contributed by atoms with Crippen molar-refractivity contribution in [3.05, 3.63) is 23.4 Å². The number of hydrogen-bond donors (Lipinski definition) is 1. The number of hydrogen-bond acceptors (Lipinski definition) is 4. The van der Waals surface area contributed by atoms with Gasteiger partial charge in [0.25, 0.3) is 5.91 Å². The van der Waals surface area contributed by atoms with Crippen LogP contribution >= 0.6 is 0 Å². The fraction of sp³-hybridized carbons (Fsp3) is 0.385. The molecule has 2 rings (SSSR count). The molecule has 0 spiro atoms. The first-order chi connectivity index (χ1) is 9.43. The summed E-state index contributed by atoms with van der Waals surface area (Å²) in [6.45, 7) is 5.64. The first kappa shape index (κ1) is 14.0. The summed E-state index contributed by atoms with van der Waals surface area (Å²) in [4.78, 5) is 40.1. The summed E-state index contributed by atoms with van der Waals surface area (Å²) in [7, 11) is 0. The molecule has 2 heterocycles. The van der Waals surface area contributed by atoms with Crippen LogP contribution in [0.3, 0.4) is 0 Å². The Labute approximate surface area is 116 Å². The van der Waals surface area contributed by atoms with Gasteiger partial charge in [0.05, 0.1) is 12.0 Å². The number of aromatic nitrogens is 2. The molecule has 0 bridgehead atoms. The van der Waals surface area contributed by atoms with Crippen LogP contribution in [0.4, 0.5) is 0 Å². The van der Waals surface area contributed by atoms with Gasteiger partial charge >= 0.3 is 0 Å². The van der Waals surface area contributed by atoms with Crippen molar-refractivity contribution in [2.45, 2.75) is 27.3 Å². The van der Waals surface area contributed by atoms with Crippen LogP contribution in [0.15, 0.2) is 12.0 Å². The van der Waals surface area contributed by atoms with Gasteiger partial charge in [-0.15, -0.1) is 0 Å². The Morgan fingerprint density at radius 2 is 2.20 bits per heavy atom. The van der Waals surface area contributed by atoms with E-state index in [-0.39, 0.29) is 12.2 Å². The van der Waals surface area contributed by atoms with Crippen molar-refractivity contribution in [3.8, 4) is 0 Å². The predicted octanol–water partition coefficient (Wildman–Crippen LogP) is 0.0572.